The number of nitrogens with zero attached hydrogens (tertiary/aromatic N) is 4. The molecule has 4 rings (SSSR count). The number of piperidine rings is 1. The molecule has 2 aromatic rings. The van der Waals surface area contributed by atoms with E-state index in [0.29, 0.717) is 45.6 Å². The maximum Gasteiger partial charge on any atom is 0.321 e. The van der Waals surface area contributed by atoms with E-state index in [1.807, 2.05) is 65.6 Å². The fourth-order valence-corrected chi connectivity index (χ4v) is 4.58. The van der Waals surface area contributed by atoms with Crippen LogP contribution in [0, 0.1) is 6.92 Å². The van der Waals surface area contributed by atoms with Crippen LogP contribution in [-0.2, 0) is 21.7 Å². The number of fused-ring (bicyclic) bond motifs is 2. The average Bonchev–Trinajstić information content (AvgIpc) is 3.26. The number of ether oxygens (including phenoxy) is 1. The molecule has 1 aromatic heterocycles. The van der Waals surface area contributed by atoms with Gasteiger partial charge in [-0.15, -0.1) is 0 Å². The number of imidazole rings is 1. The van der Waals surface area contributed by atoms with E-state index in [4.69, 9.17) is 4.74 Å². The Labute approximate surface area is 183 Å². The number of rotatable bonds is 4. The average molecular weight is 426 g/mol. The van der Waals surface area contributed by atoms with Crippen LogP contribution in [0.5, 0.6) is 0 Å². The van der Waals surface area contributed by atoms with Crippen molar-refractivity contribution in [2.45, 2.75) is 51.9 Å². The highest BCUT2D eigenvalue weighted by Crippen LogP contribution is 2.40. The largest absolute Gasteiger partial charge is 0.352 e. The van der Waals surface area contributed by atoms with Gasteiger partial charge in [-0.25, -0.2) is 9.78 Å². The van der Waals surface area contributed by atoms with E-state index in [2.05, 4.69) is 10.3 Å². The number of likely N-dealkylation sites (tertiary alicyclic amines) is 1. The number of benzene rings is 1. The van der Waals surface area contributed by atoms with Crippen LogP contribution in [0.25, 0.3) is 0 Å². The van der Waals surface area contributed by atoms with Crippen LogP contribution < -0.4 is 5.32 Å². The molecule has 1 atom stereocenters. The summed E-state index contributed by atoms with van der Waals surface area (Å²) >= 11 is 0. The van der Waals surface area contributed by atoms with E-state index in [1.54, 1.807) is 6.20 Å². The lowest BCUT2D eigenvalue weighted by Crippen LogP contribution is -2.55. The summed E-state index contributed by atoms with van der Waals surface area (Å²) in [5.74, 6) is 0.874. The molecule has 0 aliphatic carbocycles. The number of hydrogen-bond acceptors (Lipinski definition) is 4. The second-order valence-electron chi connectivity index (χ2n) is 8.25. The van der Waals surface area contributed by atoms with Crippen LogP contribution in [0.4, 0.5) is 10.5 Å². The van der Waals surface area contributed by atoms with Gasteiger partial charge in [0.1, 0.15) is 11.4 Å². The molecule has 3 amide bonds. The van der Waals surface area contributed by atoms with Crippen molar-refractivity contribution in [3.63, 3.8) is 0 Å². The number of aryl methyl sites for hydroxylation is 1. The molecule has 0 bridgehead atoms. The van der Waals surface area contributed by atoms with Gasteiger partial charge in [0.05, 0.1) is 6.54 Å². The number of urea groups is 1. The van der Waals surface area contributed by atoms with E-state index < -0.39 is 11.7 Å². The van der Waals surface area contributed by atoms with Crippen molar-refractivity contribution in [1.82, 2.24) is 19.4 Å². The fourth-order valence-electron chi connectivity index (χ4n) is 4.58. The Hall–Kier alpha value is -2.87. The Bertz CT molecular complexity index is 944. The van der Waals surface area contributed by atoms with Crippen molar-refractivity contribution in [3.8, 4) is 0 Å². The molecule has 0 saturated carbocycles. The molecule has 1 N–H and O–H groups in total. The number of carbonyl (C=O) groups excluding carboxylic acids is 2. The molecule has 166 valence electrons. The number of likely N-dealkylation sites (N-methyl/N-ethyl adjacent to an activating group) is 1. The standard InChI is InChI=1S/C23H31N5O3/c1-4-26(5-2)20(29)19-16-28-15-12-24-21(28)23(31-19)10-13-27(14-11-23)22(30)25-18-9-7-6-8-17(18)3/h6-9,12,15,19H,4-5,10-11,13-14,16H2,1-3H3,(H,25,30)/t19-/m0/s1. The van der Waals surface area contributed by atoms with Crippen LogP contribution in [0.1, 0.15) is 38.1 Å². The van der Waals surface area contributed by atoms with Gasteiger partial charge in [0, 0.05) is 57.1 Å². The number of aromatic nitrogens is 2. The van der Waals surface area contributed by atoms with Crippen molar-refractivity contribution < 1.29 is 14.3 Å². The number of hydrogen-bond donors (Lipinski definition) is 1. The first kappa shape index (κ1) is 21.4. The lowest BCUT2D eigenvalue weighted by molar-refractivity contribution is -0.179. The molecule has 8 nitrogen and oxygen atoms in total. The molecule has 0 radical (unpaired) electrons. The van der Waals surface area contributed by atoms with E-state index in [-0.39, 0.29) is 11.9 Å². The maximum absolute atomic E-state index is 13.0. The summed E-state index contributed by atoms with van der Waals surface area (Å²) in [6.45, 7) is 8.81. The minimum atomic E-state index is -0.644. The van der Waals surface area contributed by atoms with Crippen LogP contribution in [0.3, 0.4) is 0 Å². The van der Waals surface area contributed by atoms with Crippen LogP contribution in [0.15, 0.2) is 36.7 Å². The highest BCUT2D eigenvalue weighted by Gasteiger charge is 2.48. The second-order valence-corrected chi connectivity index (χ2v) is 8.25. The SMILES string of the molecule is CCN(CC)C(=O)[C@@H]1Cn2ccnc2C2(CCN(C(=O)Nc3ccccc3C)CC2)O1. The van der Waals surface area contributed by atoms with Crippen molar-refractivity contribution in [2.24, 2.45) is 0 Å². The van der Waals surface area contributed by atoms with Crippen molar-refractivity contribution in [1.29, 1.82) is 0 Å². The molecule has 31 heavy (non-hydrogen) atoms. The van der Waals surface area contributed by atoms with Gasteiger partial charge in [0.2, 0.25) is 0 Å². The molecular weight excluding hydrogens is 394 g/mol. The zero-order valence-electron chi connectivity index (χ0n) is 18.5. The van der Waals surface area contributed by atoms with Gasteiger partial charge < -0.3 is 24.4 Å². The predicted octanol–water partition coefficient (Wildman–Crippen LogP) is 2.98. The number of para-hydroxylation sites is 1. The summed E-state index contributed by atoms with van der Waals surface area (Å²) < 4.78 is 8.52. The van der Waals surface area contributed by atoms with Crippen LogP contribution in [0.2, 0.25) is 0 Å². The highest BCUT2D eigenvalue weighted by molar-refractivity contribution is 5.90. The lowest BCUT2D eigenvalue weighted by atomic mass is 9.88. The minimum Gasteiger partial charge on any atom is -0.352 e. The molecular formula is C23H31N5O3. The maximum atomic E-state index is 13.0. The summed E-state index contributed by atoms with van der Waals surface area (Å²) in [7, 11) is 0. The number of amides is 3. The Balaban J connectivity index is 1.48. The fraction of sp³-hybridized carbons (Fsp3) is 0.522. The zero-order chi connectivity index (χ0) is 22.0. The molecule has 2 aliphatic rings. The van der Waals surface area contributed by atoms with Crippen molar-refractivity contribution in [2.75, 3.05) is 31.5 Å². The third-order valence-corrected chi connectivity index (χ3v) is 6.45. The molecule has 3 heterocycles. The first-order chi connectivity index (χ1) is 15.0. The quantitative estimate of drug-likeness (QED) is 0.817. The molecule has 1 spiro atoms. The van der Waals surface area contributed by atoms with Gasteiger partial charge >= 0.3 is 6.03 Å². The van der Waals surface area contributed by atoms with Crippen LogP contribution in [-0.4, -0.2) is 63.6 Å². The number of carbonyl (C=O) groups is 2. The Kier molecular flexibility index (Phi) is 6.00. The normalized spacial score (nSPS) is 19.7. The molecule has 2 aliphatic heterocycles. The predicted molar refractivity (Wildman–Crippen MR) is 118 cm³/mol. The van der Waals surface area contributed by atoms with Gasteiger partial charge in [-0.2, -0.15) is 0 Å². The molecule has 1 saturated heterocycles. The van der Waals surface area contributed by atoms with E-state index in [0.717, 1.165) is 17.1 Å². The Morgan fingerprint density at radius 2 is 1.94 bits per heavy atom. The Morgan fingerprint density at radius 1 is 1.23 bits per heavy atom. The summed E-state index contributed by atoms with van der Waals surface area (Å²) in [5, 5.41) is 3.01. The zero-order valence-corrected chi connectivity index (χ0v) is 18.5. The summed E-state index contributed by atoms with van der Waals surface area (Å²) in [4.78, 5) is 34.0. The number of anilines is 1. The lowest BCUT2D eigenvalue weighted by Gasteiger charge is -2.46. The van der Waals surface area contributed by atoms with Gasteiger partial charge in [-0.05, 0) is 32.4 Å². The van der Waals surface area contributed by atoms with Crippen molar-refractivity contribution >= 4 is 17.6 Å². The topological polar surface area (TPSA) is 79.7 Å². The monoisotopic (exact) mass is 425 g/mol. The van der Waals surface area contributed by atoms with E-state index in [9.17, 15) is 9.59 Å². The highest BCUT2D eigenvalue weighted by atomic mass is 16.5. The molecule has 1 fully saturated rings. The summed E-state index contributed by atoms with van der Waals surface area (Å²) in [6, 6.07) is 7.64. The Morgan fingerprint density at radius 3 is 2.61 bits per heavy atom. The molecule has 0 unspecified atom stereocenters. The smallest absolute Gasteiger partial charge is 0.321 e. The summed E-state index contributed by atoms with van der Waals surface area (Å²) in [5.41, 5.74) is 1.20. The van der Waals surface area contributed by atoms with Crippen LogP contribution >= 0.6 is 0 Å². The van der Waals surface area contributed by atoms with Gasteiger partial charge in [0.15, 0.2) is 6.10 Å². The van der Waals surface area contributed by atoms with Crippen molar-refractivity contribution in [3.05, 3.63) is 48.0 Å². The van der Waals surface area contributed by atoms with E-state index >= 15 is 0 Å². The van der Waals surface area contributed by atoms with Gasteiger partial charge in [-0.3, -0.25) is 4.79 Å². The van der Waals surface area contributed by atoms with Gasteiger partial charge in [-0.1, -0.05) is 18.2 Å². The van der Waals surface area contributed by atoms with Gasteiger partial charge in [0.25, 0.3) is 5.91 Å². The van der Waals surface area contributed by atoms with E-state index in [1.165, 1.54) is 0 Å². The third kappa shape index (κ3) is 4.04. The molecule has 1 aromatic carbocycles. The summed E-state index contributed by atoms with van der Waals surface area (Å²) in [6.07, 6.45) is 4.36. The minimum absolute atomic E-state index is 0.0171. The molecule has 8 heteroatoms. The second kappa shape index (κ2) is 8.70. The first-order valence-corrected chi connectivity index (χ1v) is 11.1. The third-order valence-electron chi connectivity index (χ3n) is 6.45. The first-order valence-electron chi connectivity index (χ1n) is 11.1. The number of nitrogens with one attached hydrogen (secondary N) is 1.